The number of rotatable bonds is 5. The van der Waals surface area contributed by atoms with Gasteiger partial charge in [0.15, 0.2) is 5.58 Å². The van der Waals surface area contributed by atoms with Crippen LogP contribution >= 0.6 is 11.6 Å². The Hall–Kier alpha value is -2.37. The first-order valence-corrected chi connectivity index (χ1v) is 10.1. The summed E-state index contributed by atoms with van der Waals surface area (Å²) in [6, 6.07) is 5.38. The second kappa shape index (κ2) is 8.76. The topological polar surface area (TPSA) is 64.4 Å². The van der Waals surface area contributed by atoms with Crippen LogP contribution in [0.1, 0.15) is 44.4 Å². The van der Waals surface area contributed by atoms with Crippen LogP contribution in [0.2, 0.25) is 5.02 Å². The number of nitrogens with zero attached hydrogens (tertiary/aromatic N) is 1. The Labute approximate surface area is 169 Å². The van der Waals surface area contributed by atoms with Crippen LogP contribution in [0.3, 0.4) is 0 Å². The summed E-state index contributed by atoms with van der Waals surface area (Å²) in [5, 5.41) is 3.53. The van der Waals surface area contributed by atoms with Crippen LogP contribution in [0, 0.1) is 0 Å². The van der Waals surface area contributed by atoms with Crippen LogP contribution < -0.4 is 5.32 Å². The largest absolute Gasteiger partial charge is 0.436 e. The minimum absolute atomic E-state index is 0.0955. The van der Waals surface area contributed by atoms with Crippen LogP contribution in [-0.4, -0.2) is 23.6 Å². The fraction of sp³-hybridized carbons (Fsp3) is 0.364. The van der Waals surface area contributed by atoms with E-state index in [1.54, 1.807) is 12.1 Å². The van der Waals surface area contributed by atoms with Crippen LogP contribution in [0.4, 0.5) is 0 Å². The van der Waals surface area contributed by atoms with Crippen molar-refractivity contribution in [2.24, 2.45) is 0 Å². The van der Waals surface area contributed by atoms with Crippen molar-refractivity contribution < 1.29 is 13.9 Å². The van der Waals surface area contributed by atoms with Gasteiger partial charge in [-0.3, -0.25) is 4.79 Å². The zero-order chi connectivity index (χ0) is 19.3. The highest BCUT2D eigenvalue weighted by molar-refractivity contribution is 6.31. The van der Waals surface area contributed by atoms with Crippen LogP contribution in [0.5, 0.6) is 0 Å². The van der Waals surface area contributed by atoms with Gasteiger partial charge in [0.05, 0.1) is 6.10 Å². The first kappa shape index (κ1) is 19.0. The van der Waals surface area contributed by atoms with Gasteiger partial charge in [-0.25, -0.2) is 4.98 Å². The quantitative estimate of drug-likeness (QED) is 0.754. The van der Waals surface area contributed by atoms with Crippen molar-refractivity contribution in [1.29, 1.82) is 0 Å². The van der Waals surface area contributed by atoms with Crippen molar-refractivity contribution in [2.45, 2.75) is 44.6 Å². The van der Waals surface area contributed by atoms with E-state index >= 15 is 0 Å². The first-order chi connectivity index (χ1) is 13.7. The van der Waals surface area contributed by atoms with Gasteiger partial charge in [-0.2, -0.15) is 0 Å². The number of hydrogen-bond donors (Lipinski definition) is 1. The van der Waals surface area contributed by atoms with E-state index in [2.05, 4.69) is 10.3 Å². The number of oxazole rings is 1. The third-order valence-corrected chi connectivity index (χ3v) is 5.24. The Morgan fingerprint density at radius 3 is 2.96 bits per heavy atom. The molecule has 0 bridgehead atoms. The molecule has 5 nitrogen and oxygen atoms in total. The van der Waals surface area contributed by atoms with Gasteiger partial charge in [0.25, 0.3) is 0 Å². The molecular weight excluding hydrogens is 376 g/mol. The summed E-state index contributed by atoms with van der Waals surface area (Å²) < 4.78 is 11.6. The van der Waals surface area contributed by atoms with Crippen molar-refractivity contribution in [3.8, 4) is 0 Å². The molecular formula is C22H23ClN2O3. The zero-order valence-electron chi connectivity index (χ0n) is 15.6. The molecule has 0 saturated heterocycles. The summed E-state index contributed by atoms with van der Waals surface area (Å²) in [7, 11) is 0. The number of fused-ring (bicyclic) bond motifs is 1. The van der Waals surface area contributed by atoms with Gasteiger partial charge in [0.1, 0.15) is 12.1 Å². The van der Waals surface area contributed by atoms with E-state index in [4.69, 9.17) is 20.8 Å². The lowest BCUT2D eigenvalue weighted by molar-refractivity contribution is -0.127. The summed E-state index contributed by atoms with van der Waals surface area (Å²) in [5.74, 6) is 0.432. The monoisotopic (exact) mass is 398 g/mol. The number of ether oxygens (including phenoxy) is 1. The summed E-state index contributed by atoms with van der Waals surface area (Å²) in [6.07, 6.45) is 14.3. The molecule has 0 radical (unpaired) electrons. The van der Waals surface area contributed by atoms with Crippen molar-refractivity contribution >= 4 is 34.2 Å². The molecule has 6 heteroatoms. The number of aromatic nitrogens is 1. The highest BCUT2D eigenvalue weighted by atomic mass is 35.5. The van der Waals surface area contributed by atoms with E-state index in [-0.39, 0.29) is 18.6 Å². The minimum atomic E-state index is -0.130. The summed E-state index contributed by atoms with van der Waals surface area (Å²) in [4.78, 5) is 16.7. The molecule has 0 unspecified atom stereocenters. The first-order valence-electron chi connectivity index (χ1n) is 9.73. The van der Waals surface area contributed by atoms with Crippen molar-refractivity contribution in [1.82, 2.24) is 10.3 Å². The Kier molecular flexibility index (Phi) is 5.93. The number of halogens is 1. The maximum atomic E-state index is 12.2. The van der Waals surface area contributed by atoms with Gasteiger partial charge in [0, 0.05) is 16.3 Å². The van der Waals surface area contributed by atoms with Gasteiger partial charge >= 0.3 is 0 Å². The van der Waals surface area contributed by atoms with Crippen molar-refractivity contribution in [3.05, 3.63) is 59.1 Å². The lowest BCUT2D eigenvalue weighted by Crippen LogP contribution is -2.29. The van der Waals surface area contributed by atoms with E-state index in [9.17, 15) is 4.79 Å². The Morgan fingerprint density at radius 2 is 2.11 bits per heavy atom. The summed E-state index contributed by atoms with van der Waals surface area (Å²) in [5.41, 5.74) is 3.09. The van der Waals surface area contributed by atoms with Gasteiger partial charge in [-0.1, -0.05) is 43.0 Å². The fourth-order valence-corrected chi connectivity index (χ4v) is 3.70. The number of carbonyl (C=O) groups excluding carboxylic acids is 1. The molecule has 1 aromatic heterocycles. The molecule has 1 saturated carbocycles. The second-order valence-electron chi connectivity index (χ2n) is 7.17. The molecule has 0 spiro atoms. The number of carbonyl (C=O) groups is 1. The van der Waals surface area contributed by atoms with Gasteiger partial charge in [-0.15, -0.1) is 0 Å². The fourth-order valence-electron chi connectivity index (χ4n) is 3.53. The van der Waals surface area contributed by atoms with Gasteiger partial charge in [-0.05, 0) is 49.6 Å². The van der Waals surface area contributed by atoms with E-state index in [1.807, 2.05) is 30.4 Å². The molecule has 1 amide bonds. The molecule has 2 aliphatic carbocycles. The predicted octanol–water partition coefficient (Wildman–Crippen LogP) is 5.17. The smallest absolute Gasteiger partial charge is 0.250 e. The molecule has 1 N–H and O–H groups in total. The van der Waals surface area contributed by atoms with Gasteiger partial charge in [0.2, 0.25) is 11.8 Å². The molecule has 2 aromatic rings. The van der Waals surface area contributed by atoms with E-state index in [0.29, 0.717) is 22.9 Å². The Balaban J connectivity index is 1.39. The second-order valence-corrected chi connectivity index (χ2v) is 7.61. The molecule has 1 fully saturated rings. The van der Waals surface area contributed by atoms with Gasteiger partial charge < -0.3 is 14.5 Å². The lowest BCUT2D eigenvalue weighted by atomic mass is 9.98. The average molecular weight is 399 g/mol. The number of hydrogen-bond acceptors (Lipinski definition) is 4. The zero-order valence-corrected chi connectivity index (χ0v) is 16.4. The predicted molar refractivity (Wildman–Crippen MR) is 110 cm³/mol. The minimum Gasteiger partial charge on any atom is -0.436 e. The standard InChI is InChI=1S/C22H23ClN2O3/c23-16-10-12-20-19(13-16)25-22(28-20)15-5-4-6-17(11-9-15)24-21(26)14-27-18-7-2-1-3-8-18/h4,6,9-13,18H,1-3,5,7-8,14H2,(H,24,26). The number of benzene rings is 1. The van der Waals surface area contributed by atoms with E-state index < -0.39 is 0 Å². The highest BCUT2D eigenvalue weighted by Gasteiger charge is 2.16. The van der Waals surface area contributed by atoms with Crippen LogP contribution in [0.25, 0.3) is 16.7 Å². The molecule has 0 aliphatic heterocycles. The molecule has 146 valence electrons. The molecule has 1 aromatic carbocycles. The van der Waals surface area contributed by atoms with Crippen molar-refractivity contribution in [2.75, 3.05) is 6.61 Å². The summed E-state index contributed by atoms with van der Waals surface area (Å²) in [6.45, 7) is 0.0955. The molecule has 4 rings (SSSR count). The molecule has 28 heavy (non-hydrogen) atoms. The van der Waals surface area contributed by atoms with Crippen molar-refractivity contribution in [3.63, 3.8) is 0 Å². The van der Waals surface area contributed by atoms with Crippen LogP contribution in [0.15, 0.2) is 52.6 Å². The maximum absolute atomic E-state index is 12.2. The normalized spacial score (nSPS) is 17.9. The molecule has 0 atom stereocenters. The van der Waals surface area contributed by atoms with Crippen LogP contribution in [-0.2, 0) is 9.53 Å². The third-order valence-electron chi connectivity index (χ3n) is 5.01. The van der Waals surface area contributed by atoms with E-state index in [1.165, 1.54) is 19.3 Å². The SMILES string of the molecule is O=C(COC1CCCCC1)NC1=CC=C(c2nc3cc(Cl)ccc3o2)CC=C1. The lowest BCUT2D eigenvalue weighted by Gasteiger charge is -2.21. The average Bonchev–Trinajstić information content (AvgIpc) is 2.98. The molecule has 2 aliphatic rings. The third kappa shape index (κ3) is 4.72. The number of allylic oxidation sites excluding steroid dienone is 5. The maximum Gasteiger partial charge on any atom is 0.250 e. The Bertz CT molecular complexity index is 952. The Morgan fingerprint density at radius 1 is 1.25 bits per heavy atom. The molecule has 1 heterocycles. The summed E-state index contributed by atoms with van der Waals surface area (Å²) >= 11 is 6.02. The highest BCUT2D eigenvalue weighted by Crippen LogP contribution is 2.27. The van der Waals surface area contributed by atoms with E-state index in [0.717, 1.165) is 29.6 Å². The number of nitrogens with one attached hydrogen (secondary N) is 1. The number of amides is 1.